The molecule has 0 saturated carbocycles. The topological polar surface area (TPSA) is 87.1 Å². The van der Waals surface area contributed by atoms with Crippen LogP contribution in [0.15, 0.2) is 24.3 Å². The summed E-state index contributed by atoms with van der Waals surface area (Å²) in [4.78, 5) is 24.3. The van der Waals surface area contributed by atoms with Gasteiger partial charge in [-0.15, -0.1) is 0 Å². The number of rotatable bonds is 3. The molecule has 0 heterocycles. The van der Waals surface area contributed by atoms with E-state index in [0.29, 0.717) is 5.56 Å². The molecule has 1 aromatic carbocycles. The van der Waals surface area contributed by atoms with E-state index in [1.807, 2.05) is 0 Å². The van der Waals surface area contributed by atoms with Crippen molar-refractivity contribution >= 4 is 12.1 Å². The highest BCUT2D eigenvalue weighted by molar-refractivity contribution is 5.81. The fourth-order valence-electron chi connectivity index (χ4n) is 1.67. The Morgan fingerprint density at radius 3 is 2.35 bits per heavy atom. The van der Waals surface area contributed by atoms with Crippen LogP contribution >= 0.6 is 0 Å². The van der Waals surface area contributed by atoms with Gasteiger partial charge in [-0.25, -0.2) is 9.59 Å². The van der Waals surface area contributed by atoms with E-state index < -0.39 is 23.7 Å². The van der Waals surface area contributed by atoms with E-state index in [0.717, 1.165) is 4.90 Å². The van der Waals surface area contributed by atoms with Gasteiger partial charge in [0.15, 0.2) is 6.04 Å². The highest BCUT2D eigenvalue weighted by Gasteiger charge is 2.31. The third kappa shape index (κ3) is 4.15. The van der Waals surface area contributed by atoms with Crippen molar-refractivity contribution in [1.29, 1.82) is 0 Å². The first-order valence-corrected chi connectivity index (χ1v) is 6.09. The van der Waals surface area contributed by atoms with Gasteiger partial charge < -0.3 is 14.9 Å². The summed E-state index contributed by atoms with van der Waals surface area (Å²) in [5, 5.41) is 18.7. The number of carboxylic acid groups (broad SMARTS) is 1. The Kier molecular flexibility index (Phi) is 4.60. The van der Waals surface area contributed by atoms with Gasteiger partial charge in [-0.2, -0.15) is 0 Å². The number of ether oxygens (including phenoxy) is 1. The van der Waals surface area contributed by atoms with Crippen LogP contribution in [0.1, 0.15) is 32.4 Å². The Balaban J connectivity index is 3.03. The molecular weight excluding hydrogens is 262 g/mol. The summed E-state index contributed by atoms with van der Waals surface area (Å²) >= 11 is 0. The molecule has 1 rings (SSSR count). The molecule has 20 heavy (non-hydrogen) atoms. The zero-order valence-electron chi connectivity index (χ0n) is 12.0. The lowest BCUT2D eigenvalue weighted by atomic mass is 10.1. The van der Waals surface area contributed by atoms with E-state index in [1.165, 1.54) is 31.3 Å². The van der Waals surface area contributed by atoms with Gasteiger partial charge >= 0.3 is 12.1 Å². The molecule has 2 N–H and O–H groups in total. The summed E-state index contributed by atoms with van der Waals surface area (Å²) in [5.41, 5.74) is -0.418. The minimum absolute atomic E-state index is 0.0636. The van der Waals surface area contributed by atoms with Gasteiger partial charge in [0, 0.05) is 7.05 Å². The Labute approximate surface area is 117 Å². The fraction of sp³-hybridized carbons (Fsp3) is 0.429. The summed E-state index contributed by atoms with van der Waals surface area (Å²) < 4.78 is 5.14. The van der Waals surface area contributed by atoms with Crippen molar-refractivity contribution in [3.63, 3.8) is 0 Å². The van der Waals surface area contributed by atoms with Crippen molar-refractivity contribution < 1.29 is 24.5 Å². The largest absolute Gasteiger partial charge is 0.508 e. The number of hydrogen-bond donors (Lipinski definition) is 2. The third-order valence-electron chi connectivity index (χ3n) is 2.49. The number of phenols is 1. The maximum Gasteiger partial charge on any atom is 0.411 e. The molecule has 6 heteroatoms. The van der Waals surface area contributed by atoms with E-state index in [1.54, 1.807) is 20.8 Å². The zero-order chi connectivity index (χ0) is 15.5. The molecule has 0 aliphatic rings. The second kappa shape index (κ2) is 5.81. The number of nitrogens with zero attached hydrogens (tertiary/aromatic N) is 1. The molecule has 0 fully saturated rings. The molecule has 0 aliphatic carbocycles. The standard InChI is InChI=1S/C14H19NO5/c1-14(2,3)20-13(19)15(4)11(12(17)18)9-6-5-7-10(16)8-9/h5-8,11,16H,1-4H3,(H,17,18). The van der Waals surface area contributed by atoms with Crippen LogP contribution in [0.25, 0.3) is 0 Å². The van der Waals surface area contributed by atoms with Crippen LogP contribution in [0.3, 0.4) is 0 Å². The molecule has 1 amide bonds. The number of aliphatic carboxylic acids is 1. The Morgan fingerprint density at radius 1 is 1.30 bits per heavy atom. The number of phenolic OH excluding ortho intramolecular Hbond substituents is 1. The molecule has 0 aromatic heterocycles. The van der Waals surface area contributed by atoms with Gasteiger partial charge in [-0.1, -0.05) is 12.1 Å². The number of likely N-dealkylation sites (N-methyl/N-ethyl adjacent to an activating group) is 1. The van der Waals surface area contributed by atoms with E-state index in [-0.39, 0.29) is 5.75 Å². The second-order valence-corrected chi connectivity index (χ2v) is 5.43. The fourth-order valence-corrected chi connectivity index (χ4v) is 1.67. The Bertz CT molecular complexity index is 507. The lowest BCUT2D eigenvalue weighted by Gasteiger charge is -2.28. The summed E-state index contributed by atoms with van der Waals surface area (Å²) in [6.45, 7) is 5.09. The number of hydrogen-bond acceptors (Lipinski definition) is 4. The van der Waals surface area contributed by atoms with Crippen LogP contribution < -0.4 is 0 Å². The normalized spacial score (nSPS) is 12.6. The average molecular weight is 281 g/mol. The number of benzene rings is 1. The van der Waals surface area contributed by atoms with Crippen molar-refractivity contribution in [1.82, 2.24) is 4.90 Å². The summed E-state index contributed by atoms with van der Waals surface area (Å²) in [6, 6.07) is 4.55. The number of carboxylic acids is 1. The van der Waals surface area contributed by atoms with Crippen LogP contribution in [-0.4, -0.2) is 39.8 Å². The highest BCUT2D eigenvalue weighted by Crippen LogP contribution is 2.24. The molecule has 0 aliphatic heterocycles. The second-order valence-electron chi connectivity index (χ2n) is 5.43. The molecule has 1 unspecified atom stereocenters. The molecular formula is C14H19NO5. The molecule has 110 valence electrons. The molecule has 0 bridgehead atoms. The monoisotopic (exact) mass is 281 g/mol. The number of aromatic hydroxyl groups is 1. The van der Waals surface area contributed by atoms with Gasteiger partial charge in [0.05, 0.1) is 0 Å². The van der Waals surface area contributed by atoms with Crippen molar-refractivity contribution in [2.75, 3.05) is 7.05 Å². The SMILES string of the molecule is CN(C(=O)OC(C)(C)C)C(C(=O)O)c1cccc(O)c1. The smallest absolute Gasteiger partial charge is 0.411 e. The molecule has 0 spiro atoms. The van der Waals surface area contributed by atoms with Gasteiger partial charge in [0.1, 0.15) is 11.4 Å². The van der Waals surface area contributed by atoms with Gasteiger partial charge in [0.2, 0.25) is 0 Å². The minimum atomic E-state index is -1.23. The maximum atomic E-state index is 11.9. The van der Waals surface area contributed by atoms with Crippen LogP contribution in [0.5, 0.6) is 5.75 Å². The van der Waals surface area contributed by atoms with E-state index in [2.05, 4.69) is 0 Å². The van der Waals surface area contributed by atoms with Crippen LogP contribution in [0, 0.1) is 0 Å². The molecule has 6 nitrogen and oxygen atoms in total. The lowest BCUT2D eigenvalue weighted by Crippen LogP contribution is -2.39. The highest BCUT2D eigenvalue weighted by atomic mass is 16.6. The Morgan fingerprint density at radius 2 is 1.90 bits per heavy atom. The lowest BCUT2D eigenvalue weighted by molar-refractivity contribution is -0.142. The van der Waals surface area contributed by atoms with E-state index in [9.17, 15) is 19.8 Å². The summed E-state index contributed by atoms with van der Waals surface area (Å²) in [6.07, 6.45) is -0.742. The van der Waals surface area contributed by atoms with Crippen LogP contribution in [-0.2, 0) is 9.53 Å². The minimum Gasteiger partial charge on any atom is -0.508 e. The summed E-state index contributed by atoms with van der Waals surface area (Å²) in [5.74, 6) is -1.27. The van der Waals surface area contributed by atoms with E-state index >= 15 is 0 Å². The first-order valence-electron chi connectivity index (χ1n) is 6.09. The number of carbonyl (C=O) groups is 2. The molecule has 0 radical (unpaired) electrons. The number of amides is 1. The third-order valence-corrected chi connectivity index (χ3v) is 2.49. The van der Waals surface area contributed by atoms with Crippen LogP contribution in [0.4, 0.5) is 4.79 Å². The van der Waals surface area contributed by atoms with Gasteiger partial charge in [-0.05, 0) is 38.5 Å². The van der Waals surface area contributed by atoms with Crippen LogP contribution in [0.2, 0.25) is 0 Å². The quantitative estimate of drug-likeness (QED) is 0.888. The summed E-state index contributed by atoms with van der Waals surface area (Å²) in [7, 11) is 1.34. The van der Waals surface area contributed by atoms with Crippen molar-refractivity contribution in [2.24, 2.45) is 0 Å². The zero-order valence-corrected chi connectivity index (χ0v) is 12.0. The van der Waals surface area contributed by atoms with Gasteiger partial charge in [0.25, 0.3) is 0 Å². The average Bonchev–Trinajstić information content (AvgIpc) is 2.26. The predicted octanol–water partition coefficient (Wildman–Crippen LogP) is 2.38. The molecule has 1 atom stereocenters. The maximum absolute atomic E-state index is 11.9. The Hall–Kier alpha value is -2.24. The van der Waals surface area contributed by atoms with Crippen molar-refractivity contribution in [3.8, 4) is 5.75 Å². The molecule has 0 saturated heterocycles. The first kappa shape index (κ1) is 15.8. The van der Waals surface area contributed by atoms with E-state index in [4.69, 9.17) is 4.74 Å². The van der Waals surface area contributed by atoms with Crippen molar-refractivity contribution in [2.45, 2.75) is 32.4 Å². The van der Waals surface area contributed by atoms with Gasteiger partial charge in [-0.3, -0.25) is 4.90 Å². The first-order chi connectivity index (χ1) is 9.11. The predicted molar refractivity (Wildman–Crippen MR) is 72.5 cm³/mol. The van der Waals surface area contributed by atoms with Crippen molar-refractivity contribution in [3.05, 3.63) is 29.8 Å². The molecule has 1 aromatic rings. The number of carbonyl (C=O) groups excluding carboxylic acids is 1.